The molecule has 0 aliphatic rings. The van der Waals surface area contributed by atoms with Gasteiger partial charge in [0.1, 0.15) is 6.61 Å². The van der Waals surface area contributed by atoms with Crippen LogP contribution in [0.25, 0.3) is 27.3 Å². The molecule has 13 heteroatoms. The van der Waals surface area contributed by atoms with Gasteiger partial charge in [0.25, 0.3) is 0 Å². The molecule has 0 aliphatic carbocycles. The molecule has 2 aromatic carbocycles. The predicted octanol–water partition coefficient (Wildman–Crippen LogP) is 3.08. The van der Waals surface area contributed by atoms with Gasteiger partial charge in [-0.05, 0) is 49.4 Å². The fourth-order valence-electron chi connectivity index (χ4n) is 3.61. The number of hydrogen-bond donors (Lipinski definition) is 1. The third kappa shape index (κ3) is 4.67. The summed E-state index contributed by atoms with van der Waals surface area (Å²) in [7, 11) is -0.575. The first-order valence-electron chi connectivity index (χ1n) is 10.8. The van der Waals surface area contributed by atoms with E-state index in [0.29, 0.717) is 28.9 Å². The number of aromatic nitrogens is 5. The first-order chi connectivity index (χ1) is 17.4. The smallest absolute Gasteiger partial charge is 0.240 e. The maximum absolute atomic E-state index is 12.7. The molecule has 11 nitrogen and oxygen atoms in total. The van der Waals surface area contributed by atoms with Crippen LogP contribution in [0.4, 0.5) is 0 Å². The normalized spacial score (nSPS) is 11.8. The van der Waals surface area contributed by atoms with Gasteiger partial charge in [-0.1, -0.05) is 0 Å². The van der Waals surface area contributed by atoms with Crippen LogP contribution in [0.2, 0.25) is 0 Å². The fourth-order valence-corrected chi connectivity index (χ4v) is 5.59. The van der Waals surface area contributed by atoms with E-state index in [1.807, 2.05) is 13.0 Å². The molecular formula is C23H22N6O5S2. The number of methoxy groups -OCH3 is 2. The van der Waals surface area contributed by atoms with Gasteiger partial charge >= 0.3 is 0 Å². The number of hydrogen-bond acceptors (Lipinski definition) is 10. The third-order valence-corrected chi connectivity index (χ3v) is 7.69. The van der Waals surface area contributed by atoms with Crippen molar-refractivity contribution >= 4 is 37.2 Å². The molecule has 0 unspecified atom stereocenters. The number of nitrogens with zero attached hydrogens (tertiary/aromatic N) is 5. The fraction of sp³-hybridized carbons (Fsp3) is 0.217. The van der Waals surface area contributed by atoms with E-state index in [1.165, 1.54) is 11.3 Å². The van der Waals surface area contributed by atoms with Crippen molar-refractivity contribution in [2.75, 3.05) is 27.4 Å². The third-order valence-electron chi connectivity index (χ3n) is 5.30. The Kier molecular flexibility index (Phi) is 6.43. The molecule has 0 spiro atoms. The molecule has 0 amide bonds. The van der Waals surface area contributed by atoms with Gasteiger partial charge in [0, 0.05) is 18.2 Å². The van der Waals surface area contributed by atoms with Gasteiger partial charge in [-0.15, -0.1) is 26.6 Å². The van der Waals surface area contributed by atoms with Crippen molar-refractivity contribution in [3.05, 3.63) is 53.5 Å². The number of fused-ring (bicyclic) bond motifs is 2. The summed E-state index contributed by atoms with van der Waals surface area (Å²) < 4.78 is 46.7. The van der Waals surface area contributed by atoms with E-state index >= 15 is 0 Å². The van der Waals surface area contributed by atoms with Crippen LogP contribution in [0.15, 0.2) is 53.4 Å². The molecule has 0 atom stereocenters. The Hall–Kier alpha value is -3.81. The maximum atomic E-state index is 12.7. The standard InChI is InChI=1S/C23H22N6O5S2/c1-14-25-17-6-5-16(13-20(17)35-14)36(30,31)24-10-11-34-22-9-8-21-26-27-23(29(21)28-22)15-4-7-18(32-2)19(12-15)33-3/h4-9,12-13,24H,10-11H2,1-3H3. The molecule has 3 aromatic heterocycles. The zero-order valence-corrected chi connectivity index (χ0v) is 21.3. The molecule has 0 fully saturated rings. The average molecular weight is 527 g/mol. The minimum absolute atomic E-state index is 0.0620. The molecule has 0 bridgehead atoms. The Morgan fingerprint density at radius 1 is 1.00 bits per heavy atom. The van der Waals surface area contributed by atoms with Crippen molar-refractivity contribution in [3.63, 3.8) is 0 Å². The van der Waals surface area contributed by atoms with Crippen molar-refractivity contribution in [2.45, 2.75) is 11.8 Å². The lowest BCUT2D eigenvalue weighted by atomic mass is 10.2. The molecule has 5 aromatic rings. The molecule has 0 saturated heterocycles. The minimum Gasteiger partial charge on any atom is -0.493 e. The zero-order chi connectivity index (χ0) is 25.3. The first kappa shape index (κ1) is 23.9. The molecular weight excluding hydrogens is 504 g/mol. The van der Waals surface area contributed by atoms with Gasteiger partial charge < -0.3 is 14.2 Å². The molecule has 1 N–H and O–H groups in total. The Morgan fingerprint density at radius 2 is 1.83 bits per heavy atom. The Labute approximate surface area is 210 Å². The lowest BCUT2D eigenvalue weighted by Gasteiger charge is -2.09. The van der Waals surface area contributed by atoms with Crippen molar-refractivity contribution in [3.8, 4) is 28.8 Å². The van der Waals surface area contributed by atoms with Gasteiger partial charge in [0.15, 0.2) is 23.0 Å². The number of thiazole rings is 1. The van der Waals surface area contributed by atoms with Gasteiger partial charge in [0.05, 0.1) is 34.3 Å². The molecule has 5 rings (SSSR count). The van der Waals surface area contributed by atoms with Crippen molar-refractivity contribution in [2.24, 2.45) is 0 Å². The molecule has 0 saturated carbocycles. The highest BCUT2D eigenvalue weighted by molar-refractivity contribution is 7.89. The summed E-state index contributed by atoms with van der Waals surface area (Å²) in [5, 5.41) is 13.7. The van der Waals surface area contributed by atoms with Crippen molar-refractivity contribution in [1.29, 1.82) is 0 Å². The van der Waals surface area contributed by atoms with Gasteiger partial charge in [-0.3, -0.25) is 0 Å². The predicted molar refractivity (Wildman–Crippen MR) is 134 cm³/mol. The SMILES string of the molecule is COc1ccc(-c2nnc3ccc(OCCNS(=O)(=O)c4ccc5nc(C)sc5c4)nn23)cc1OC. The molecule has 36 heavy (non-hydrogen) atoms. The van der Waals surface area contributed by atoms with E-state index < -0.39 is 10.0 Å². The largest absolute Gasteiger partial charge is 0.493 e. The topological polar surface area (TPSA) is 130 Å². The van der Waals surface area contributed by atoms with Crippen LogP contribution < -0.4 is 18.9 Å². The van der Waals surface area contributed by atoms with E-state index in [0.717, 1.165) is 20.8 Å². The molecule has 186 valence electrons. The number of nitrogens with one attached hydrogen (secondary N) is 1. The first-order valence-corrected chi connectivity index (χ1v) is 13.1. The van der Waals surface area contributed by atoms with Crippen LogP contribution in [0.5, 0.6) is 17.4 Å². The summed E-state index contributed by atoms with van der Waals surface area (Å²) in [6.07, 6.45) is 0. The summed E-state index contributed by atoms with van der Waals surface area (Å²) >= 11 is 1.45. The second kappa shape index (κ2) is 9.68. The Morgan fingerprint density at radius 3 is 2.64 bits per heavy atom. The summed E-state index contributed by atoms with van der Waals surface area (Å²) in [4.78, 5) is 4.54. The monoisotopic (exact) mass is 526 g/mol. The van der Waals surface area contributed by atoms with Crippen LogP contribution in [-0.4, -0.2) is 60.6 Å². The maximum Gasteiger partial charge on any atom is 0.240 e. The molecule has 0 aliphatic heterocycles. The number of sulfonamides is 1. The van der Waals surface area contributed by atoms with E-state index in [9.17, 15) is 8.42 Å². The molecule has 0 radical (unpaired) electrons. The number of benzene rings is 2. The van der Waals surface area contributed by atoms with E-state index in [4.69, 9.17) is 14.2 Å². The highest BCUT2D eigenvalue weighted by Crippen LogP contribution is 2.31. The Balaban J connectivity index is 1.27. The summed E-state index contributed by atoms with van der Waals surface area (Å²) in [6.45, 7) is 2.02. The quantitative estimate of drug-likeness (QED) is 0.288. The van der Waals surface area contributed by atoms with E-state index in [1.54, 1.807) is 61.2 Å². The Bertz CT molecular complexity index is 1660. The molecule has 3 heterocycles. The number of aryl methyl sites for hydroxylation is 1. The lowest BCUT2D eigenvalue weighted by Crippen LogP contribution is -2.28. The van der Waals surface area contributed by atoms with Crippen LogP contribution in [0.1, 0.15) is 5.01 Å². The number of ether oxygens (including phenoxy) is 3. The van der Waals surface area contributed by atoms with Gasteiger partial charge in [-0.25, -0.2) is 18.1 Å². The highest BCUT2D eigenvalue weighted by atomic mass is 32.2. The summed E-state index contributed by atoms with van der Waals surface area (Å²) in [5.41, 5.74) is 2.04. The van der Waals surface area contributed by atoms with Crippen LogP contribution >= 0.6 is 11.3 Å². The average Bonchev–Trinajstić information content (AvgIpc) is 3.47. The second-order valence-electron chi connectivity index (χ2n) is 7.64. The minimum atomic E-state index is -3.70. The zero-order valence-electron chi connectivity index (χ0n) is 19.6. The van der Waals surface area contributed by atoms with E-state index in [-0.39, 0.29) is 18.0 Å². The van der Waals surface area contributed by atoms with Crippen LogP contribution in [-0.2, 0) is 10.0 Å². The second-order valence-corrected chi connectivity index (χ2v) is 10.6. The summed E-state index contributed by atoms with van der Waals surface area (Å²) in [5.74, 6) is 1.93. The van der Waals surface area contributed by atoms with E-state index in [2.05, 4.69) is 25.0 Å². The van der Waals surface area contributed by atoms with Crippen LogP contribution in [0.3, 0.4) is 0 Å². The number of rotatable bonds is 9. The van der Waals surface area contributed by atoms with Crippen molar-refractivity contribution in [1.82, 2.24) is 29.5 Å². The summed E-state index contributed by atoms with van der Waals surface area (Å²) in [6, 6.07) is 13.6. The lowest BCUT2D eigenvalue weighted by molar-refractivity contribution is 0.306. The van der Waals surface area contributed by atoms with Gasteiger partial charge in [0.2, 0.25) is 15.9 Å². The highest BCUT2D eigenvalue weighted by Gasteiger charge is 2.16. The van der Waals surface area contributed by atoms with Crippen LogP contribution in [0, 0.1) is 6.92 Å². The van der Waals surface area contributed by atoms with Crippen molar-refractivity contribution < 1.29 is 22.6 Å². The van der Waals surface area contributed by atoms with Gasteiger partial charge in [-0.2, -0.15) is 4.52 Å².